The first-order valence-electron chi connectivity index (χ1n) is 5.38. The second kappa shape index (κ2) is 6.97. The molecule has 1 aromatic carbocycles. The number of benzene rings is 1. The minimum atomic E-state index is -0.432. The van der Waals surface area contributed by atoms with Gasteiger partial charge in [-0.3, -0.25) is 14.9 Å². The van der Waals surface area contributed by atoms with E-state index in [1.165, 1.54) is 23.9 Å². The van der Waals surface area contributed by atoms with Crippen molar-refractivity contribution in [2.24, 2.45) is 5.73 Å². The topological polar surface area (TPSA) is 98.3 Å². The van der Waals surface area contributed by atoms with Gasteiger partial charge < -0.3 is 11.1 Å². The van der Waals surface area contributed by atoms with E-state index in [1.54, 1.807) is 19.2 Å². The van der Waals surface area contributed by atoms with Crippen molar-refractivity contribution in [2.75, 3.05) is 12.8 Å². The fraction of sp³-hybridized carbons (Fsp3) is 0.364. The lowest BCUT2D eigenvalue weighted by molar-refractivity contribution is -0.384. The van der Waals surface area contributed by atoms with Crippen LogP contribution < -0.4 is 11.1 Å². The molecule has 0 aliphatic rings. The number of nitro groups is 1. The number of rotatable bonds is 7. The van der Waals surface area contributed by atoms with Gasteiger partial charge in [0.2, 0.25) is 5.91 Å². The number of amides is 1. The Kier molecular flexibility index (Phi) is 5.60. The standard InChI is InChI=1S/C11H15N3O3S/c1-13-10(11(12)15)6-7-18-9-4-2-8(3-5-9)14(16)17/h2-5,10,13H,6-7H2,1H3,(H2,12,15). The molecule has 6 nitrogen and oxygen atoms in total. The Hall–Kier alpha value is -1.60. The highest BCUT2D eigenvalue weighted by atomic mass is 32.2. The summed E-state index contributed by atoms with van der Waals surface area (Å²) in [5.74, 6) is 0.341. The number of carbonyl (C=O) groups is 1. The van der Waals surface area contributed by atoms with Crippen LogP contribution in [0.25, 0.3) is 0 Å². The van der Waals surface area contributed by atoms with Crippen LogP contribution in [0.2, 0.25) is 0 Å². The monoisotopic (exact) mass is 269 g/mol. The molecule has 0 aliphatic heterocycles. The summed E-state index contributed by atoms with van der Waals surface area (Å²) in [6, 6.07) is 5.98. The third-order valence-corrected chi connectivity index (χ3v) is 3.46. The Morgan fingerprint density at radius 3 is 2.56 bits per heavy atom. The zero-order valence-corrected chi connectivity index (χ0v) is 10.8. The maximum atomic E-state index is 11.0. The summed E-state index contributed by atoms with van der Waals surface area (Å²) in [6.07, 6.45) is 0.619. The van der Waals surface area contributed by atoms with Crippen LogP contribution in [0.3, 0.4) is 0 Å². The molecule has 0 radical (unpaired) electrons. The Balaban J connectivity index is 2.44. The molecule has 0 saturated carbocycles. The average Bonchev–Trinajstić information content (AvgIpc) is 2.34. The van der Waals surface area contributed by atoms with Gasteiger partial charge in [0.1, 0.15) is 0 Å². The zero-order chi connectivity index (χ0) is 13.5. The van der Waals surface area contributed by atoms with E-state index < -0.39 is 4.92 Å². The van der Waals surface area contributed by atoms with E-state index in [0.717, 1.165) is 4.90 Å². The number of nitrogens with one attached hydrogen (secondary N) is 1. The largest absolute Gasteiger partial charge is 0.368 e. The molecule has 0 aromatic heterocycles. The quantitative estimate of drug-likeness (QED) is 0.439. The molecule has 0 saturated heterocycles. The molecule has 0 heterocycles. The van der Waals surface area contributed by atoms with Gasteiger partial charge in [-0.05, 0) is 31.4 Å². The van der Waals surface area contributed by atoms with Gasteiger partial charge in [0.25, 0.3) is 5.69 Å². The lowest BCUT2D eigenvalue weighted by Crippen LogP contribution is -2.39. The second-order valence-corrected chi connectivity index (χ2v) is 4.80. The third kappa shape index (κ3) is 4.34. The predicted molar refractivity (Wildman–Crippen MR) is 70.5 cm³/mol. The molecule has 3 N–H and O–H groups in total. The van der Waals surface area contributed by atoms with Gasteiger partial charge in [-0.2, -0.15) is 0 Å². The van der Waals surface area contributed by atoms with Crippen LogP contribution in [-0.2, 0) is 4.79 Å². The summed E-state index contributed by atoms with van der Waals surface area (Å²) >= 11 is 1.53. The van der Waals surface area contributed by atoms with Crippen LogP contribution in [0, 0.1) is 10.1 Å². The van der Waals surface area contributed by atoms with E-state index >= 15 is 0 Å². The number of hydrogen-bond acceptors (Lipinski definition) is 5. The number of nitrogens with zero attached hydrogens (tertiary/aromatic N) is 1. The normalized spacial score (nSPS) is 12.1. The summed E-state index contributed by atoms with van der Waals surface area (Å²) in [7, 11) is 1.69. The van der Waals surface area contributed by atoms with E-state index in [0.29, 0.717) is 12.2 Å². The highest BCUT2D eigenvalue weighted by Gasteiger charge is 2.12. The Morgan fingerprint density at radius 2 is 2.11 bits per heavy atom. The van der Waals surface area contributed by atoms with Gasteiger partial charge in [0, 0.05) is 17.0 Å². The first-order valence-corrected chi connectivity index (χ1v) is 6.37. The molecule has 0 fully saturated rings. The lowest BCUT2D eigenvalue weighted by atomic mass is 10.2. The van der Waals surface area contributed by atoms with Crippen LogP contribution >= 0.6 is 11.8 Å². The number of nitro benzene ring substituents is 1. The third-order valence-electron chi connectivity index (χ3n) is 2.41. The number of primary amides is 1. The molecule has 1 amide bonds. The first kappa shape index (κ1) is 14.5. The van der Waals surface area contributed by atoms with E-state index in [-0.39, 0.29) is 17.6 Å². The van der Waals surface area contributed by atoms with Crippen molar-refractivity contribution < 1.29 is 9.72 Å². The summed E-state index contributed by atoms with van der Waals surface area (Å²) in [4.78, 5) is 21.9. The van der Waals surface area contributed by atoms with E-state index in [1.807, 2.05) is 0 Å². The molecular weight excluding hydrogens is 254 g/mol. The SMILES string of the molecule is CNC(CCSc1ccc([N+](=O)[O-])cc1)C(N)=O. The molecule has 0 aliphatic carbocycles. The van der Waals surface area contributed by atoms with Crippen LogP contribution in [0.5, 0.6) is 0 Å². The number of hydrogen-bond donors (Lipinski definition) is 2. The van der Waals surface area contributed by atoms with E-state index in [9.17, 15) is 14.9 Å². The first-order chi connectivity index (χ1) is 8.54. The maximum absolute atomic E-state index is 11.0. The van der Waals surface area contributed by atoms with Crippen LogP contribution in [-0.4, -0.2) is 29.7 Å². The van der Waals surface area contributed by atoms with Crippen molar-refractivity contribution in [3.63, 3.8) is 0 Å². The van der Waals surface area contributed by atoms with Crippen molar-refractivity contribution in [3.05, 3.63) is 34.4 Å². The van der Waals surface area contributed by atoms with E-state index in [4.69, 9.17) is 5.73 Å². The van der Waals surface area contributed by atoms with Crippen molar-refractivity contribution in [1.82, 2.24) is 5.32 Å². The van der Waals surface area contributed by atoms with E-state index in [2.05, 4.69) is 5.32 Å². The van der Waals surface area contributed by atoms with Gasteiger partial charge in [0.05, 0.1) is 11.0 Å². The number of nitrogens with two attached hydrogens (primary N) is 1. The molecule has 1 unspecified atom stereocenters. The molecule has 1 aromatic rings. The molecule has 7 heteroatoms. The summed E-state index contributed by atoms with van der Waals surface area (Å²) in [5.41, 5.74) is 5.27. The minimum Gasteiger partial charge on any atom is -0.368 e. The van der Waals surface area contributed by atoms with Gasteiger partial charge in [-0.15, -0.1) is 11.8 Å². The molecule has 18 heavy (non-hydrogen) atoms. The molecular formula is C11H15N3O3S. The van der Waals surface area contributed by atoms with Gasteiger partial charge in [-0.1, -0.05) is 0 Å². The molecule has 0 spiro atoms. The number of carbonyl (C=O) groups excluding carboxylic acids is 1. The van der Waals surface area contributed by atoms with Crippen molar-refractivity contribution >= 4 is 23.4 Å². The lowest BCUT2D eigenvalue weighted by Gasteiger charge is -2.11. The molecule has 0 bridgehead atoms. The predicted octanol–water partition coefficient (Wildman–Crippen LogP) is 1.15. The fourth-order valence-electron chi connectivity index (χ4n) is 1.39. The highest BCUT2D eigenvalue weighted by molar-refractivity contribution is 7.99. The fourth-order valence-corrected chi connectivity index (χ4v) is 2.31. The minimum absolute atomic E-state index is 0.0737. The summed E-state index contributed by atoms with van der Waals surface area (Å²) < 4.78 is 0. The van der Waals surface area contributed by atoms with Gasteiger partial charge in [0.15, 0.2) is 0 Å². The number of non-ortho nitro benzene ring substituents is 1. The average molecular weight is 269 g/mol. The zero-order valence-electron chi connectivity index (χ0n) is 9.96. The second-order valence-electron chi connectivity index (χ2n) is 3.63. The Bertz CT molecular complexity index is 422. The van der Waals surface area contributed by atoms with Gasteiger partial charge in [-0.25, -0.2) is 0 Å². The van der Waals surface area contributed by atoms with Crippen molar-refractivity contribution in [2.45, 2.75) is 17.4 Å². The van der Waals surface area contributed by atoms with Crippen LogP contribution in [0.15, 0.2) is 29.2 Å². The maximum Gasteiger partial charge on any atom is 0.269 e. The molecule has 1 atom stereocenters. The number of thioether (sulfide) groups is 1. The van der Waals surface area contributed by atoms with Crippen LogP contribution in [0.1, 0.15) is 6.42 Å². The smallest absolute Gasteiger partial charge is 0.269 e. The Labute approximate surface area is 109 Å². The van der Waals surface area contributed by atoms with Crippen molar-refractivity contribution in [1.29, 1.82) is 0 Å². The van der Waals surface area contributed by atoms with Crippen molar-refractivity contribution in [3.8, 4) is 0 Å². The molecule has 98 valence electrons. The summed E-state index contributed by atoms with van der Waals surface area (Å²) in [6.45, 7) is 0. The Morgan fingerprint density at radius 1 is 1.50 bits per heavy atom. The summed E-state index contributed by atoms with van der Waals surface area (Å²) in [5, 5.41) is 13.3. The number of likely N-dealkylation sites (N-methyl/N-ethyl adjacent to an activating group) is 1. The highest BCUT2D eigenvalue weighted by Crippen LogP contribution is 2.22. The van der Waals surface area contributed by atoms with Gasteiger partial charge >= 0.3 is 0 Å². The molecule has 1 rings (SSSR count). The van der Waals surface area contributed by atoms with Crippen LogP contribution in [0.4, 0.5) is 5.69 Å².